The Kier molecular flexibility index (Phi) is 7.84. The molecular weight excluding hydrogens is 459 g/mol. The molecule has 1 aliphatic rings. The SMILES string of the molecule is COc1ccc(C(=O)N2CCC(N(CCc3ncc(C(F)(F)F)cc3Cl)C(C)=O)CC2)cc1. The second-order valence-electron chi connectivity index (χ2n) is 7.86. The number of piperidine rings is 1. The largest absolute Gasteiger partial charge is 0.497 e. The second-order valence-corrected chi connectivity index (χ2v) is 8.27. The number of hydrogen-bond donors (Lipinski definition) is 0. The van der Waals surface area contributed by atoms with E-state index in [1.807, 2.05) is 0 Å². The van der Waals surface area contributed by atoms with Gasteiger partial charge < -0.3 is 14.5 Å². The van der Waals surface area contributed by atoms with Crippen LogP contribution in [0.2, 0.25) is 5.02 Å². The van der Waals surface area contributed by atoms with Gasteiger partial charge in [-0.05, 0) is 43.2 Å². The molecule has 0 radical (unpaired) electrons. The summed E-state index contributed by atoms with van der Waals surface area (Å²) in [5.41, 5.74) is -0.0303. The van der Waals surface area contributed by atoms with Crippen LogP contribution in [0.25, 0.3) is 0 Å². The van der Waals surface area contributed by atoms with E-state index < -0.39 is 11.7 Å². The van der Waals surface area contributed by atoms with Gasteiger partial charge in [0.25, 0.3) is 5.91 Å². The van der Waals surface area contributed by atoms with E-state index in [1.165, 1.54) is 6.92 Å². The first kappa shape index (κ1) is 24.8. The number of aromatic nitrogens is 1. The molecule has 178 valence electrons. The molecule has 0 aliphatic carbocycles. The maximum absolute atomic E-state index is 12.8. The second kappa shape index (κ2) is 10.4. The summed E-state index contributed by atoms with van der Waals surface area (Å²) in [5.74, 6) is 0.453. The summed E-state index contributed by atoms with van der Waals surface area (Å²) in [6, 6.07) is 7.68. The predicted molar refractivity (Wildman–Crippen MR) is 117 cm³/mol. The number of pyridine rings is 1. The Balaban J connectivity index is 1.59. The van der Waals surface area contributed by atoms with Crippen LogP contribution in [0.4, 0.5) is 13.2 Å². The molecule has 1 saturated heterocycles. The van der Waals surface area contributed by atoms with Crippen LogP contribution in [0.3, 0.4) is 0 Å². The number of amides is 2. The number of hydrogen-bond acceptors (Lipinski definition) is 4. The minimum absolute atomic E-state index is 0.0735. The third kappa shape index (κ3) is 6.16. The number of benzene rings is 1. The van der Waals surface area contributed by atoms with Gasteiger partial charge in [-0.3, -0.25) is 14.6 Å². The maximum Gasteiger partial charge on any atom is 0.417 e. The normalized spacial score (nSPS) is 14.8. The molecule has 0 unspecified atom stereocenters. The highest BCUT2D eigenvalue weighted by atomic mass is 35.5. The summed E-state index contributed by atoms with van der Waals surface area (Å²) < 4.78 is 43.5. The van der Waals surface area contributed by atoms with Crippen molar-refractivity contribution in [2.75, 3.05) is 26.7 Å². The van der Waals surface area contributed by atoms with Crippen LogP contribution < -0.4 is 4.74 Å². The molecule has 6 nitrogen and oxygen atoms in total. The summed E-state index contributed by atoms with van der Waals surface area (Å²) >= 11 is 6.00. The van der Waals surface area contributed by atoms with Crippen molar-refractivity contribution in [3.05, 3.63) is 58.4 Å². The Morgan fingerprint density at radius 2 is 1.85 bits per heavy atom. The highest BCUT2D eigenvalue weighted by molar-refractivity contribution is 6.31. The van der Waals surface area contributed by atoms with E-state index in [9.17, 15) is 22.8 Å². The fourth-order valence-electron chi connectivity index (χ4n) is 3.93. The summed E-state index contributed by atoms with van der Waals surface area (Å²) in [7, 11) is 1.56. The molecule has 33 heavy (non-hydrogen) atoms. The summed E-state index contributed by atoms with van der Waals surface area (Å²) in [6.45, 7) is 2.73. The Bertz CT molecular complexity index is 991. The smallest absolute Gasteiger partial charge is 0.417 e. The number of carbonyl (C=O) groups excluding carboxylic acids is 2. The van der Waals surface area contributed by atoms with Crippen molar-refractivity contribution in [2.24, 2.45) is 0 Å². The number of halogens is 4. The van der Waals surface area contributed by atoms with Crippen molar-refractivity contribution in [3.63, 3.8) is 0 Å². The van der Waals surface area contributed by atoms with Crippen molar-refractivity contribution in [1.29, 1.82) is 0 Å². The fourth-order valence-corrected chi connectivity index (χ4v) is 4.19. The van der Waals surface area contributed by atoms with E-state index >= 15 is 0 Å². The van der Waals surface area contributed by atoms with Crippen LogP contribution in [0.5, 0.6) is 5.75 Å². The van der Waals surface area contributed by atoms with Gasteiger partial charge in [0.1, 0.15) is 5.75 Å². The molecule has 10 heteroatoms. The first-order chi connectivity index (χ1) is 15.6. The maximum atomic E-state index is 12.8. The van der Waals surface area contributed by atoms with Crippen LogP contribution in [-0.4, -0.2) is 59.4 Å². The first-order valence-corrected chi connectivity index (χ1v) is 10.9. The molecule has 2 aromatic rings. The lowest BCUT2D eigenvalue weighted by atomic mass is 10.0. The standard InChI is InChI=1S/C23H25ClF3N3O3/c1-15(31)30(12-9-21-20(24)13-17(14-28-21)23(25,26)27)18-7-10-29(11-8-18)22(32)16-3-5-19(33-2)6-4-16/h3-6,13-14,18H,7-12H2,1-2H3. The van der Waals surface area contributed by atoms with Gasteiger partial charge in [-0.15, -0.1) is 0 Å². The Morgan fingerprint density at radius 3 is 2.36 bits per heavy atom. The molecule has 0 N–H and O–H groups in total. The average Bonchev–Trinajstić information content (AvgIpc) is 2.79. The molecule has 0 spiro atoms. The summed E-state index contributed by atoms with van der Waals surface area (Å²) in [5, 5.41) is -0.0757. The fraction of sp³-hybridized carbons (Fsp3) is 0.435. The van der Waals surface area contributed by atoms with Crippen molar-refractivity contribution >= 4 is 23.4 Å². The molecule has 1 aromatic carbocycles. The van der Waals surface area contributed by atoms with Gasteiger partial charge in [-0.1, -0.05) is 11.6 Å². The van der Waals surface area contributed by atoms with Gasteiger partial charge in [0, 0.05) is 50.8 Å². The number of ether oxygens (including phenoxy) is 1. The van der Waals surface area contributed by atoms with Crippen LogP contribution >= 0.6 is 11.6 Å². The number of likely N-dealkylation sites (tertiary alicyclic amines) is 1. The summed E-state index contributed by atoms with van der Waals surface area (Å²) in [6.07, 6.45) is -2.31. The zero-order valence-electron chi connectivity index (χ0n) is 18.4. The molecule has 1 aliphatic heterocycles. The van der Waals surface area contributed by atoms with Gasteiger partial charge in [-0.2, -0.15) is 13.2 Å². The van der Waals surface area contributed by atoms with Crippen molar-refractivity contribution in [1.82, 2.24) is 14.8 Å². The average molecular weight is 484 g/mol. The van der Waals surface area contributed by atoms with E-state index in [4.69, 9.17) is 16.3 Å². The van der Waals surface area contributed by atoms with Gasteiger partial charge in [0.05, 0.1) is 23.4 Å². The molecular formula is C23H25ClF3N3O3. The quantitative estimate of drug-likeness (QED) is 0.608. The molecule has 1 fully saturated rings. The predicted octanol–water partition coefficient (Wildman–Crippen LogP) is 4.46. The highest BCUT2D eigenvalue weighted by Crippen LogP contribution is 2.31. The Hall–Kier alpha value is -2.81. The van der Waals surface area contributed by atoms with E-state index in [1.54, 1.807) is 41.2 Å². The third-order valence-electron chi connectivity index (χ3n) is 5.77. The van der Waals surface area contributed by atoms with Crippen molar-refractivity contribution in [2.45, 2.75) is 38.4 Å². The first-order valence-electron chi connectivity index (χ1n) is 10.5. The monoisotopic (exact) mass is 483 g/mol. The van der Waals surface area contributed by atoms with E-state index in [2.05, 4.69) is 4.98 Å². The minimum atomic E-state index is -4.52. The van der Waals surface area contributed by atoms with Crippen molar-refractivity contribution < 1.29 is 27.5 Å². The zero-order chi connectivity index (χ0) is 24.2. The van der Waals surface area contributed by atoms with Crippen LogP contribution in [0.15, 0.2) is 36.5 Å². The molecule has 0 bridgehead atoms. The van der Waals surface area contributed by atoms with Crippen LogP contribution in [0.1, 0.15) is 41.4 Å². The van der Waals surface area contributed by atoms with Crippen molar-refractivity contribution in [3.8, 4) is 5.75 Å². The zero-order valence-corrected chi connectivity index (χ0v) is 19.1. The summed E-state index contributed by atoms with van der Waals surface area (Å²) in [4.78, 5) is 32.3. The molecule has 3 rings (SSSR count). The number of rotatable bonds is 6. The van der Waals surface area contributed by atoms with Gasteiger partial charge in [0.15, 0.2) is 0 Å². The minimum Gasteiger partial charge on any atom is -0.497 e. The van der Waals surface area contributed by atoms with E-state index in [-0.39, 0.29) is 35.8 Å². The lowest BCUT2D eigenvalue weighted by molar-refractivity contribution is -0.137. The van der Waals surface area contributed by atoms with E-state index in [0.29, 0.717) is 42.9 Å². The topological polar surface area (TPSA) is 62.7 Å². The lowest BCUT2D eigenvalue weighted by Gasteiger charge is -2.38. The number of carbonyl (C=O) groups is 2. The van der Waals surface area contributed by atoms with Crippen LogP contribution in [0, 0.1) is 0 Å². The molecule has 2 amide bonds. The molecule has 0 atom stereocenters. The van der Waals surface area contributed by atoms with Gasteiger partial charge in [-0.25, -0.2) is 0 Å². The number of methoxy groups -OCH3 is 1. The van der Waals surface area contributed by atoms with Gasteiger partial charge in [0.2, 0.25) is 5.91 Å². The number of nitrogens with zero attached hydrogens (tertiary/aromatic N) is 3. The molecule has 2 heterocycles. The van der Waals surface area contributed by atoms with Gasteiger partial charge >= 0.3 is 6.18 Å². The molecule has 0 saturated carbocycles. The highest BCUT2D eigenvalue weighted by Gasteiger charge is 2.32. The third-order valence-corrected chi connectivity index (χ3v) is 6.10. The molecule has 1 aromatic heterocycles. The Morgan fingerprint density at radius 1 is 1.21 bits per heavy atom. The number of alkyl halides is 3. The lowest BCUT2D eigenvalue weighted by Crippen LogP contribution is -2.48. The Labute approximate surface area is 195 Å². The van der Waals surface area contributed by atoms with Crippen LogP contribution in [-0.2, 0) is 17.4 Å². The van der Waals surface area contributed by atoms with E-state index in [0.717, 1.165) is 12.3 Å².